The van der Waals surface area contributed by atoms with Crippen LogP contribution in [0.2, 0.25) is 0 Å². The van der Waals surface area contributed by atoms with Gasteiger partial charge < -0.3 is 105 Å². The molecule has 5 saturated heterocycles. The molecule has 462 valence electrons. The Morgan fingerprint density at radius 3 is 1.24 bits per heavy atom. The number of hydrogen-bond donors (Lipinski definition) is 16. The highest BCUT2D eigenvalue weighted by molar-refractivity contribution is 7.81. The second-order valence-corrected chi connectivity index (χ2v) is 22.5. The number of carbonyl (C=O) groups is 2. The highest BCUT2D eigenvalue weighted by Crippen LogP contribution is 2.37. The Morgan fingerprint density at radius 2 is 0.772 bits per heavy atom. The molecular weight excluding hydrogens is 1210 g/mol. The summed E-state index contributed by atoms with van der Waals surface area (Å²) in [5.74, 6) is -4.37. The number of hydrogen-bond acceptors (Lipinski definition) is 36. The lowest BCUT2D eigenvalue weighted by Crippen LogP contribution is -2.70. The van der Waals surface area contributed by atoms with Gasteiger partial charge in [0.2, 0.25) is 0 Å². The van der Waals surface area contributed by atoms with E-state index in [-0.39, 0.29) is 0 Å². The molecule has 5 aliphatic heterocycles. The highest BCUT2D eigenvalue weighted by atomic mass is 32.3. The first-order valence-electron chi connectivity index (χ1n) is 21.5. The molecule has 0 bridgehead atoms. The molecule has 0 aliphatic carbocycles. The first-order chi connectivity index (χ1) is 36.1. The van der Waals surface area contributed by atoms with Crippen LogP contribution in [-0.2, 0) is 130 Å². The monoisotopic (exact) mass is 1270 g/mol. The summed E-state index contributed by atoms with van der Waals surface area (Å²) >= 11 is 0. The van der Waals surface area contributed by atoms with Crippen LogP contribution in [0.4, 0.5) is 0 Å². The lowest BCUT2D eigenvalue weighted by atomic mass is 9.94. The van der Waals surface area contributed by atoms with E-state index in [1.807, 2.05) is 0 Å². The normalized spacial score (nSPS) is 42.1. The number of aliphatic hydroxyl groups excluding tert-OH is 6. The third-order valence-corrected chi connectivity index (χ3v) is 14.0. The molecule has 0 aromatic heterocycles. The fraction of sp³-hybridized carbons (Fsp3) is 0.935. The summed E-state index contributed by atoms with van der Waals surface area (Å²) in [4.78, 5) is 25.4. The molecule has 5 aliphatic rings. The number of nitrogens with two attached hydrogens (primary N) is 3. The summed E-state index contributed by atoms with van der Waals surface area (Å²) in [7, 11) is -27.0. The topological polar surface area (TPSA) is 684 Å². The van der Waals surface area contributed by atoms with Crippen LogP contribution < -0.4 is 17.2 Å². The molecule has 5 rings (SSSR count). The lowest BCUT2D eigenvalue weighted by molar-refractivity contribution is -0.372. The van der Waals surface area contributed by atoms with E-state index in [2.05, 4.69) is 20.9 Å². The summed E-state index contributed by atoms with van der Waals surface area (Å²) in [6, 6.07) is -6.11. The Morgan fingerprint density at radius 1 is 0.392 bits per heavy atom. The standard InChI is InChI=1S/C31H53N3O40S5/c1-60-27-9(33)13(37)17(6(65-27)3-62-76(48,49)50)67-31-22(74-79(57,58)59)16(40)21(24(72-31)26(43)44)70-29-10(34)19(73-78(54,55)56)18(7(66-29)4-63-77(51,52)53)68-30-15(39)14(38)20(23(71-30)25(41)42)69-28-8(32)12(36)11(35)5(64-28)2-61-75(45,46)47/h5-24,27-31,35-40H,2-4,32-34H2,1H3,(H,41,42)(H,43,44)(H,45,46,47)(H,48,49,50)(H,51,52,53)(H,54,55,56)(H,57,58,59)/t5?,6?,7?,8-,9-,10-,11+,12?,13?,14?,15-,16+,17+,18+,19?,20-,21?,22?,23?,24?,27+,28-,29-,30+,31+/m0/s1. The molecule has 0 spiro atoms. The first-order valence-corrected chi connectivity index (χ1v) is 28.3. The van der Waals surface area contributed by atoms with E-state index in [1.165, 1.54) is 0 Å². The number of aliphatic hydroxyl groups is 6. The summed E-state index contributed by atoms with van der Waals surface area (Å²) in [6.45, 7) is -4.22. The zero-order chi connectivity index (χ0) is 59.8. The predicted octanol–water partition coefficient (Wildman–Crippen LogP) is -12.1. The number of ether oxygens (including phenoxy) is 10. The predicted molar refractivity (Wildman–Crippen MR) is 230 cm³/mol. The molecule has 48 heteroatoms. The van der Waals surface area contributed by atoms with Crippen LogP contribution in [0.3, 0.4) is 0 Å². The van der Waals surface area contributed by atoms with Gasteiger partial charge in [-0.3, -0.25) is 22.8 Å². The van der Waals surface area contributed by atoms with Gasteiger partial charge in [-0.05, 0) is 0 Å². The third-order valence-electron chi connectivity index (χ3n) is 11.7. The molecule has 5 fully saturated rings. The van der Waals surface area contributed by atoms with Gasteiger partial charge in [-0.2, -0.15) is 42.1 Å². The van der Waals surface area contributed by atoms with Crippen molar-refractivity contribution >= 4 is 63.9 Å². The minimum Gasteiger partial charge on any atom is -0.479 e. The molecular formula is C31H53N3O40S5. The number of methoxy groups -OCH3 is 1. The average Bonchev–Trinajstić information content (AvgIpc) is 3.37. The van der Waals surface area contributed by atoms with Gasteiger partial charge in [0.1, 0.15) is 85.5 Å². The zero-order valence-electron chi connectivity index (χ0n) is 39.2. The number of aliphatic carboxylic acids is 2. The van der Waals surface area contributed by atoms with Crippen LogP contribution in [0.15, 0.2) is 0 Å². The van der Waals surface area contributed by atoms with Gasteiger partial charge in [0.15, 0.2) is 49.8 Å². The Balaban J connectivity index is 1.48. The van der Waals surface area contributed by atoms with Gasteiger partial charge in [-0.15, -0.1) is 0 Å². The Kier molecular flexibility index (Phi) is 22.3. The molecule has 0 saturated carbocycles. The largest absolute Gasteiger partial charge is 0.479 e. The summed E-state index contributed by atoms with van der Waals surface area (Å²) in [5.41, 5.74) is 17.9. The Labute approximate surface area is 443 Å². The minimum absolute atomic E-state index is 0.983. The molecule has 19 N–H and O–H groups in total. The van der Waals surface area contributed by atoms with Crippen molar-refractivity contribution in [3.05, 3.63) is 0 Å². The second kappa shape index (κ2) is 26.2. The van der Waals surface area contributed by atoms with Crippen molar-refractivity contribution in [1.82, 2.24) is 0 Å². The van der Waals surface area contributed by atoms with Crippen molar-refractivity contribution in [1.29, 1.82) is 0 Å². The van der Waals surface area contributed by atoms with Crippen molar-refractivity contribution in [3.8, 4) is 0 Å². The fourth-order valence-electron chi connectivity index (χ4n) is 8.18. The molecule has 0 radical (unpaired) electrons. The quantitative estimate of drug-likeness (QED) is 0.0399. The van der Waals surface area contributed by atoms with Crippen LogP contribution in [0.1, 0.15) is 0 Å². The smallest absolute Gasteiger partial charge is 0.397 e. The van der Waals surface area contributed by atoms with E-state index in [4.69, 9.17) is 73.7 Å². The van der Waals surface area contributed by atoms with Gasteiger partial charge in [-0.25, -0.2) is 30.5 Å². The third kappa shape index (κ3) is 17.8. The molecule has 0 amide bonds. The van der Waals surface area contributed by atoms with E-state index in [9.17, 15) is 106 Å². The second-order valence-electron chi connectivity index (χ2n) is 17.1. The molecule has 11 unspecified atom stereocenters. The summed E-state index contributed by atoms with van der Waals surface area (Å²) in [5, 5.41) is 86.4. The lowest BCUT2D eigenvalue weighted by Gasteiger charge is -2.50. The maximum Gasteiger partial charge on any atom is 0.397 e. The van der Waals surface area contributed by atoms with Crippen molar-refractivity contribution < 1.29 is 184 Å². The van der Waals surface area contributed by atoms with Crippen molar-refractivity contribution in [2.45, 2.75) is 153 Å². The molecule has 79 heavy (non-hydrogen) atoms. The Bertz CT molecular complexity index is 2670. The SMILES string of the molecule is CO[C@@H]1OC(COS(=O)(=O)O)[C@@H](O[C@@H]2OC(C(=O)O)C(O[C@@H]3OC(COS(=O)(=O)O)[C@@H](O[C@@H]4OC(C(=O)O)[C@@H](O[C@@H]5OC(COS(=O)(=O)O)[C@@H](O)C(O)[C@@H]5N)C(O)[C@@H]4O)C(OS(=O)(=O)O)[C@@H]3N)[C@@H](O)C2OS(=O)(=O)O)C(O)[C@@H]1N. The molecule has 25 atom stereocenters. The van der Waals surface area contributed by atoms with Gasteiger partial charge in [0, 0.05) is 7.11 Å². The molecule has 5 heterocycles. The van der Waals surface area contributed by atoms with Gasteiger partial charge in [0.25, 0.3) is 0 Å². The number of carboxylic acids is 2. The summed E-state index contributed by atoms with van der Waals surface area (Å²) in [6.07, 6.45) is -54.1. The average molecular weight is 1270 g/mol. The number of rotatable bonds is 24. The van der Waals surface area contributed by atoms with Crippen LogP contribution in [0.25, 0.3) is 0 Å². The molecule has 0 aromatic rings. The maximum absolute atomic E-state index is 12.8. The van der Waals surface area contributed by atoms with Crippen LogP contribution in [-0.4, -0.2) is 298 Å². The van der Waals surface area contributed by atoms with E-state index in [1.54, 1.807) is 0 Å². The zero-order valence-corrected chi connectivity index (χ0v) is 43.2. The van der Waals surface area contributed by atoms with Crippen LogP contribution in [0.5, 0.6) is 0 Å². The summed E-state index contributed by atoms with van der Waals surface area (Å²) < 4.78 is 240. The highest BCUT2D eigenvalue weighted by Gasteiger charge is 2.60. The van der Waals surface area contributed by atoms with Crippen LogP contribution >= 0.6 is 0 Å². The van der Waals surface area contributed by atoms with E-state index >= 15 is 0 Å². The fourth-order valence-corrected chi connectivity index (χ4v) is 10.1. The van der Waals surface area contributed by atoms with Crippen LogP contribution in [0, 0.1) is 0 Å². The molecule has 43 nitrogen and oxygen atoms in total. The first kappa shape index (κ1) is 67.3. The number of carboxylic acid groups (broad SMARTS) is 2. The van der Waals surface area contributed by atoms with E-state index in [0.29, 0.717) is 0 Å². The van der Waals surface area contributed by atoms with Gasteiger partial charge >= 0.3 is 63.9 Å². The van der Waals surface area contributed by atoms with Gasteiger partial charge in [0.05, 0.1) is 37.9 Å². The van der Waals surface area contributed by atoms with Crippen molar-refractivity contribution in [2.24, 2.45) is 17.2 Å². The van der Waals surface area contributed by atoms with E-state index < -0.39 is 237 Å². The Hall–Kier alpha value is -2.47. The maximum atomic E-state index is 12.8. The van der Waals surface area contributed by atoms with Gasteiger partial charge in [-0.1, -0.05) is 0 Å². The van der Waals surface area contributed by atoms with Crippen molar-refractivity contribution in [3.63, 3.8) is 0 Å². The van der Waals surface area contributed by atoms with Crippen molar-refractivity contribution in [2.75, 3.05) is 26.9 Å². The van der Waals surface area contributed by atoms with E-state index in [0.717, 1.165) is 7.11 Å². The molecule has 0 aromatic carbocycles. The minimum atomic E-state index is -5.94.